The van der Waals surface area contributed by atoms with E-state index in [4.69, 9.17) is 42.9 Å². The van der Waals surface area contributed by atoms with E-state index >= 15 is 0 Å². The number of hydrogen-bond donors (Lipinski definition) is 3. The first kappa shape index (κ1) is 41.7. The highest BCUT2D eigenvalue weighted by Gasteiger charge is 2.26. The first-order valence-corrected chi connectivity index (χ1v) is 25.4. The summed E-state index contributed by atoms with van der Waals surface area (Å²) in [5.74, 6) is 0.946. The van der Waals surface area contributed by atoms with Crippen LogP contribution in [0, 0.1) is 11.8 Å². The summed E-state index contributed by atoms with van der Waals surface area (Å²) in [5, 5.41) is 18.5. The minimum absolute atomic E-state index is 0.128. The van der Waals surface area contributed by atoms with Crippen molar-refractivity contribution < 1.29 is 14.3 Å². The molecule has 2 saturated carbocycles. The normalized spacial score (nSPS) is 14.2. The van der Waals surface area contributed by atoms with Gasteiger partial charge in [0.05, 0.1) is 34.6 Å². The summed E-state index contributed by atoms with van der Waals surface area (Å²) in [6, 6.07) is 12.4. The summed E-state index contributed by atoms with van der Waals surface area (Å²) in [5.41, 5.74) is 7.79. The van der Waals surface area contributed by atoms with Gasteiger partial charge in [0.2, 0.25) is 0 Å². The van der Waals surface area contributed by atoms with E-state index in [9.17, 15) is 9.59 Å². The number of nitrogens with one attached hydrogen (secondary N) is 3. The Morgan fingerprint density at radius 3 is 1.90 bits per heavy atom. The molecule has 18 heteroatoms. The van der Waals surface area contributed by atoms with Crippen LogP contribution in [0.1, 0.15) is 46.4 Å². The molecule has 2 aliphatic rings. The number of benzene rings is 2. The van der Waals surface area contributed by atoms with Crippen molar-refractivity contribution in [3.05, 3.63) is 82.4 Å². The molecule has 3 N–H and O–H groups in total. The van der Waals surface area contributed by atoms with Gasteiger partial charge in [-0.25, -0.2) is 19.9 Å². The largest absolute Gasteiger partial charge is 0.361 e. The van der Waals surface area contributed by atoms with E-state index in [2.05, 4.69) is 50.4 Å². The number of fused-ring (bicyclic) bond motifs is 4. The summed E-state index contributed by atoms with van der Waals surface area (Å²) >= 11 is 12.3. The van der Waals surface area contributed by atoms with E-state index in [1.807, 2.05) is 61.3 Å². The Bertz CT molecular complexity index is 2990. The first-order chi connectivity index (χ1) is 29.8. The lowest BCUT2D eigenvalue weighted by molar-refractivity contribution is 0.0891. The Kier molecular flexibility index (Phi) is 11.3. The summed E-state index contributed by atoms with van der Waals surface area (Å²) in [6.45, 7) is 9.40. The molecule has 62 heavy (non-hydrogen) atoms. The molecule has 0 unspecified atom stereocenters. The van der Waals surface area contributed by atoms with E-state index in [-0.39, 0.29) is 11.8 Å². The third kappa shape index (κ3) is 8.95. The fraction of sp³-hybridized carbons (Fsp3) is 0.364. The molecule has 2 aromatic carbocycles. The highest BCUT2D eigenvalue weighted by Crippen LogP contribution is 2.33. The fourth-order valence-corrected chi connectivity index (χ4v) is 8.39. The van der Waals surface area contributed by atoms with Crippen LogP contribution in [0.15, 0.2) is 61.2 Å². The number of aromatic amines is 1. The number of H-pyrrole nitrogens is 1. The number of aromatic nitrogens is 10. The molecule has 15 nitrogen and oxygen atoms in total. The van der Waals surface area contributed by atoms with E-state index in [0.29, 0.717) is 105 Å². The molecule has 0 atom stereocenters. The van der Waals surface area contributed by atoms with Crippen molar-refractivity contribution in [1.82, 2.24) is 59.7 Å². The Hall–Kier alpha value is -5.68. The smallest absolute Gasteiger partial charge is 0.255 e. The number of aryl methyl sites for hydroxylation is 2. The number of nitrogens with zero attached hydrogens (tertiary/aromatic N) is 9. The van der Waals surface area contributed by atoms with Gasteiger partial charge in [-0.3, -0.25) is 19.0 Å². The predicted octanol–water partition coefficient (Wildman–Crippen LogP) is 8.40. The number of halogens is 2. The topological polar surface area (TPSA) is 175 Å². The maximum absolute atomic E-state index is 13.1. The van der Waals surface area contributed by atoms with Gasteiger partial charge in [0.25, 0.3) is 11.8 Å². The van der Waals surface area contributed by atoms with Crippen molar-refractivity contribution in [3.63, 3.8) is 0 Å². The predicted molar refractivity (Wildman–Crippen MR) is 245 cm³/mol. The second-order valence-corrected chi connectivity index (χ2v) is 24.0. The van der Waals surface area contributed by atoms with Crippen LogP contribution in [0.4, 0.5) is 0 Å². The zero-order valence-corrected chi connectivity index (χ0v) is 37.8. The summed E-state index contributed by atoms with van der Waals surface area (Å²) in [6.07, 6.45) is 11.6. The van der Waals surface area contributed by atoms with Crippen LogP contribution in [0.5, 0.6) is 0 Å². The minimum atomic E-state index is -1.19. The highest BCUT2D eigenvalue weighted by atomic mass is 35.5. The van der Waals surface area contributed by atoms with Gasteiger partial charge in [-0.2, -0.15) is 10.2 Å². The standard InChI is InChI=1S/C25H31ClN6O2Si.C19H17ClN6O/c1-31-21-11-17(26)7-8-18(21)22(30-31)20-13-27-24-23(29-20)19(25(33)28-12-16-5-6-16)14-32(24)15-34-9-10-35(2,3)4;1-26-15-6-11(20)4-5-12(15)16(25-26)14-9-22-18-17(24-14)13(8-21-18)19(27)23-7-10-2-3-10/h7-8,11,13-14,16H,5-6,9-10,12,15H2,1-4H3,(H,28,33);4-6,8-10H,2-3,7H2,1H3,(H,21,22)(H,23,27). The van der Waals surface area contributed by atoms with Crippen molar-refractivity contribution in [2.75, 3.05) is 19.7 Å². The highest BCUT2D eigenvalue weighted by molar-refractivity contribution is 6.76. The van der Waals surface area contributed by atoms with E-state index < -0.39 is 8.07 Å². The number of carbonyl (C=O) groups excluding carboxylic acids is 2. The quantitative estimate of drug-likeness (QED) is 0.0759. The van der Waals surface area contributed by atoms with E-state index in [1.54, 1.807) is 28.0 Å². The van der Waals surface area contributed by atoms with Gasteiger partial charge in [0, 0.05) is 75.1 Å². The zero-order chi connectivity index (χ0) is 43.3. The Morgan fingerprint density at radius 2 is 1.34 bits per heavy atom. The SMILES string of the molecule is Cn1nc(-c2cnc3[nH]cc(C(=O)NCC4CC4)c3n2)c2ccc(Cl)cc21.Cn1nc(-c2cnc3c(n2)c(C(=O)NCC2CC2)cn3COCC[Si](C)(C)C)c2ccc(Cl)cc21. The number of carbonyl (C=O) groups is 2. The van der Waals surface area contributed by atoms with Crippen LogP contribution in [-0.2, 0) is 25.6 Å². The molecule has 6 heterocycles. The van der Waals surface area contributed by atoms with Crippen LogP contribution < -0.4 is 10.6 Å². The molecule has 0 saturated heterocycles. The lowest BCUT2D eigenvalue weighted by Crippen LogP contribution is -2.25. The lowest BCUT2D eigenvalue weighted by Gasteiger charge is -2.15. The molecule has 2 amide bonds. The third-order valence-corrected chi connectivity index (χ3v) is 13.4. The average molecular weight is 892 g/mol. The van der Waals surface area contributed by atoms with Gasteiger partial charge in [0.1, 0.15) is 40.5 Å². The van der Waals surface area contributed by atoms with Crippen molar-refractivity contribution in [3.8, 4) is 22.8 Å². The Balaban J connectivity index is 0.000000163. The minimum Gasteiger partial charge on any atom is -0.361 e. The third-order valence-electron chi connectivity index (χ3n) is 11.3. The molecular weight excluding hydrogens is 844 g/mol. The lowest BCUT2D eigenvalue weighted by atomic mass is 10.1. The maximum Gasteiger partial charge on any atom is 0.255 e. The number of amides is 2. The van der Waals surface area contributed by atoms with Crippen molar-refractivity contribution in [1.29, 1.82) is 0 Å². The number of ether oxygens (including phenoxy) is 1. The van der Waals surface area contributed by atoms with Crippen LogP contribution >= 0.6 is 23.2 Å². The van der Waals surface area contributed by atoms with Gasteiger partial charge < -0.3 is 24.9 Å². The van der Waals surface area contributed by atoms with Gasteiger partial charge in [-0.1, -0.05) is 42.8 Å². The monoisotopic (exact) mass is 890 g/mol. The van der Waals surface area contributed by atoms with Gasteiger partial charge >= 0.3 is 0 Å². The first-order valence-electron chi connectivity index (χ1n) is 20.9. The zero-order valence-electron chi connectivity index (χ0n) is 35.3. The van der Waals surface area contributed by atoms with Gasteiger partial charge in [-0.05, 0) is 80.0 Å². The fourth-order valence-electron chi connectivity index (χ4n) is 7.30. The van der Waals surface area contributed by atoms with Crippen LogP contribution in [0.2, 0.25) is 35.7 Å². The molecule has 0 aliphatic heterocycles. The maximum atomic E-state index is 13.1. The molecule has 8 aromatic rings. The van der Waals surface area contributed by atoms with Crippen molar-refractivity contribution in [2.45, 2.75) is 58.1 Å². The number of rotatable bonds is 13. The van der Waals surface area contributed by atoms with Crippen LogP contribution in [0.25, 0.3) is 66.9 Å². The molecule has 10 rings (SSSR count). The Labute approximate surface area is 368 Å². The molecule has 320 valence electrons. The summed E-state index contributed by atoms with van der Waals surface area (Å²) in [7, 11) is 2.55. The summed E-state index contributed by atoms with van der Waals surface area (Å²) < 4.78 is 11.4. The van der Waals surface area contributed by atoms with E-state index in [0.717, 1.165) is 27.8 Å². The van der Waals surface area contributed by atoms with Crippen LogP contribution in [0.3, 0.4) is 0 Å². The van der Waals surface area contributed by atoms with Gasteiger partial charge in [0.15, 0.2) is 11.3 Å². The summed E-state index contributed by atoms with van der Waals surface area (Å²) in [4.78, 5) is 47.4. The second-order valence-electron chi connectivity index (χ2n) is 17.5. The molecule has 0 spiro atoms. The molecule has 2 fully saturated rings. The number of hydrogen-bond acceptors (Lipinski definition) is 9. The molecule has 0 radical (unpaired) electrons. The molecule has 6 aromatic heterocycles. The van der Waals surface area contributed by atoms with Crippen LogP contribution in [-0.4, -0.2) is 88.6 Å². The molecule has 0 bridgehead atoms. The average Bonchev–Trinajstić information content (AvgIpc) is 4.13. The van der Waals surface area contributed by atoms with Gasteiger partial charge in [-0.15, -0.1) is 0 Å². The molecule has 2 aliphatic carbocycles. The van der Waals surface area contributed by atoms with E-state index in [1.165, 1.54) is 25.7 Å². The molecular formula is C44H48Cl2N12O3Si. The Morgan fingerprint density at radius 1 is 0.790 bits per heavy atom. The van der Waals surface area contributed by atoms with Crippen molar-refractivity contribution in [2.24, 2.45) is 25.9 Å². The van der Waals surface area contributed by atoms with Crippen molar-refractivity contribution >= 4 is 87.2 Å². The second kappa shape index (κ2) is 16.9.